The Bertz CT molecular complexity index is 689. The number of rotatable bonds is 7. The molecule has 2 aromatic carbocycles. The molecule has 0 heterocycles. The van der Waals surface area contributed by atoms with Gasteiger partial charge in [-0.05, 0) is 48.4 Å². The van der Waals surface area contributed by atoms with Crippen molar-refractivity contribution in [3.05, 3.63) is 58.1 Å². The maximum Gasteiger partial charge on any atom is 0.261 e. The number of benzene rings is 2. The van der Waals surface area contributed by atoms with Crippen LogP contribution in [0.4, 0.5) is 0 Å². The maximum absolute atomic E-state index is 12.3. The zero-order valence-corrected chi connectivity index (χ0v) is 15.0. The third kappa shape index (κ3) is 5.05. The van der Waals surface area contributed by atoms with Gasteiger partial charge in [0.1, 0.15) is 11.5 Å². The van der Waals surface area contributed by atoms with Crippen LogP contribution in [-0.2, 0) is 11.3 Å². The van der Waals surface area contributed by atoms with Gasteiger partial charge < -0.3 is 14.8 Å². The van der Waals surface area contributed by atoms with Gasteiger partial charge in [0.2, 0.25) is 0 Å². The van der Waals surface area contributed by atoms with E-state index in [0.29, 0.717) is 28.8 Å². The Hall–Kier alpha value is -1.91. The first-order chi connectivity index (χ1) is 11.5. The lowest BCUT2D eigenvalue weighted by molar-refractivity contribution is -0.128. The summed E-state index contributed by atoms with van der Waals surface area (Å²) in [6.07, 6.45) is -0.0314. The molecule has 0 aliphatic heterocycles. The third-order valence-electron chi connectivity index (χ3n) is 3.47. The zero-order valence-electron chi connectivity index (χ0n) is 13.5. The molecular formula is C18H19Cl2NO3. The van der Waals surface area contributed by atoms with E-state index in [2.05, 4.69) is 5.32 Å². The lowest BCUT2D eigenvalue weighted by Gasteiger charge is -2.17. The molecule has 2 rings (SSSR count). The van der Waals surface area contributed by atoms with Crippen LogP contribution in [0.25, 0.3) is 0 Å². The van der Waals surface area contributed by atoms with Crippen molar-refractivity contribution in [1.29, 1.82) is 0 Å². The Kier molecular flexibility index (Phi) is 6.76. The van der Waals surface area contributed by atoms with Crippen LogP contribution in [0.3, 0.4) is 0 Å². The van der Waals surface area contributed by atoms with Gasteiger partial charge in [0.15, 0.2) is 6.10 Å². The number of hydrogen-bond donors (Lipinski definition) is 1. The number of methoxy groups -OCH3 is 1. The quantitative estimate of drug-likeness (QED) is 0.784. The molecule has 0 fully saturated rings. The van der Waals surface area contributed by atoms with Crippen molar-refractivity contribution < 1.29 is 14.3 Å². The molecule has 0 aliphatic rings. The molecule has 0 aromatic heterocycles. The third-order valence-corrected chi connectivity index (χ3v) is 4.06. The van der Waals surface area contributed by atoms with Gasteiger partial charge in [-0.1, -0.05) is 36.2 Å². The predicted octanol–water partition coefficient (Wildman–Crippen LogP) is 4.48. The van der Waals surface area contributed by atoms with Crippen LogP contribution in [-0.4, -0.2) is 19.1 Å². The van der Waals surface area contributed by atoms with E-state index in [0.717, 1.165) is 11.3 Å². The van der Waals surface area contributed by atoms with Crippen molar-refractivity contribution >= 4 is 29.1 Å². The molecule has 2 aromatic rings. The highest BCUT2D eigenvalue weighted by atomic mass is 35.5. The first kappa shape index (κ1) is 18.4. The van der Waals surface area contributed by atoms with Crippen LogP contribution in [0.1, 0.15) is 18.9 Å². The molecule has 0 unspecified atom stereocenters. The fourth-order valence-electron chi connectivity index (χ4n) is 2.10. The largest absolute Gasteiger partial charge is 0.497 e. The van der Waals surface area contributed by atoms with Gasteiger partial charge in [-0.3, -0.25) is 4.79 Å². The summed E-state index contributed by atoms with van der Waals surface area (Å²) < 4.78 is 10.8. The lowest BCUT2D eigenvalue weighted by atomic mass is 10.2. The predicted molar refractivity (Wildman–Crippen MR) is 96.0 cm³/mol. The number of amides is 1. The van der Waals surface area contributed by atoms with Gasteiger partial charge in [0.05, 0.1) is 7.11 Å². The molecule has 1 atom stereocenters. The molecule has 0 saturated carbocycles. The van der Waals surface area contributed by atoms with Gasteiger partial charge in [0, 0.05) is 16.6 Å². The second-order valence-electron chi connectivity index (χ2n) is 5.14. The Morgan fingerprint density at radius 1 is 1.12 bits per heavy atom. The minimum atomic E-state index is -0.579. The monoisotopic (exact) mass is 367 g/mol. The van der Waals surface area contributed by atoms with Crippen molar-refractivity contribution in [3.63, 3.8) is 0 Å². The summed E-state index contributed by atoms with van der Waals surface area (Å²) in [5.41, 5.74) is 0.800. The Morgan fingerprint density at radius 3 is 2.38 bits per heavy atom. The van der Waals surface area contributed by atoms with Crippen molar-refractivity contribution in [2.24, 2.45) is 0 Å². The van der Waals surface area contributed by atoms with Crippen molar-refractivity contribution in [3.8, 4) is 11.5 Å². The molecule has 1 amide bonds. The zero-order chi connectivity index (χ0) is 17.5. The number of nitrogens with one attached hydrogen (secondary N) is 1. The first-order valence-corrected chi connectivity index (χ1v) is 8.31. The summed E-state index contributed by atoms with van der Waals surface area (Å²) in [7, 11) is 1.60. The molecule has 0 spiro atoms. The van der Waals surface area contributed by atoms with Crippen molar-refractivity contribution in [2.75, 3.05) is 7.11 Å². The number of ether oxygens (including phenoxy) is 2. The van der Waals surface area contributed by atoms with E-state index >= 15 is 0 Å². The highest BCUT2D eigenvalue weighted by Gasteiger charge is 2.18. The SMILES string of the molecule is CC[C@H](Oc1ccc(OC)cc1)C(=O)NCc1ccc(Cl)cc1Cl. The van der Waals surface area contributed by atoms with E-state index in [-0.39, 0.29) is 5.91 Å². The minimum absolute atomic E-state index is 0.195. The Labute approximate surface area is 151 Å². The van der Waals surface area contributed by atoms with Gasteiger partial charge in [-0.15, -0.1) is 0 Å². The summed E-state index contributed by atoms with van der Waals surface area (Å²) in [6, 6.07) is 12.3. The van der Waals surface area contributed by atoms with Gasteiger partial charge >= 0.3 is 0 Å². The second kappa shape index (κ2) is 8.81. The van der Waals surface area contributed by atoms with Crippen molar-refractivity contribution in [1.82, 2.24) is 5.32 Å². The van der Waals surface area contributed by atoms with E-state index < -0.39 is 6.10 Å². The average Bonchev–Trinajstić information content (AvgIpc) is 2.59. The topological polar surface area (TPSA) is 47.6 Å². The molecule has 0 aliphatic carbocycles. The highest BCUT2D eigenvalue weighted by molar-refractivity contribution is 6.35. The van der Waals surface area contributed by atoms with E-state index in [1.54, 1.807) is 49.6 Å². The van der Waals surface area contributed by atoms with Crippen LogP contribution in [0.5, 0.6) is 11.5 Å². The standard InChI is InChI=1S/C18H19Cl2NO3/c1-3-17(24-15-8-6-14(23-2)7-9-15)18(22)21-11-12-4-5-13(19)10-16(12)20/h4-10,17H,3,11H2,1-2H3,(H,21,22)/t17-/m0/s1. The van der Waals surface area contributed by atoms with E-state index in [4.69, 9.17) is 32.7 Å². The molecule has 1 N–H and O–H groups in total. The van der Waals surface area contributed by atoms with Crippen molar-refractivity contribution in [2.45, 2.75) is 26.0 Å². The summed E-state index contributed by atoms with van der Waals surface area (Å²) >= 11 is 12.0. The van der Waals surface area contributed by atoms with Crippen LogP contribution < -0.4 is 14.8 Å². The normalized spacial score (nSPS) is 11.7. The fraction of sp³-hybridized carbons (Fsp3) is 0.278. The number of halogens is 2. The molecule has 6 heteroatoms. The Morgan fingerprint density at radius 2 is 1.79 bits per heavy atom. The number of hydrogen-bond acceptors (Lipinski definition) is 3. The molecule has 0 bridgehead atoms. The maximum atomic E-state index is 12.3. The summed E-state index contributed by atoms with van der Waals surface area (Å²) in [4.78, 5) is 12.3. The molecule has 0 saturated heterocycles. The molecule has 128 valence electrons. The van der Waals surface area contributed by atoms with Crippen LogP contribution in [0.15, 0.2) is 42.5 Å². The molecule has 24 heavy (non-hydrogen) atoms. The lowest BCUT2D eigenvalue weighted by Crippen LogP contribution is -2.37. The van der Waals surface area contributed by atoms with Crippen LogP contribution in [0.2, 0.25) is 10.0 Å². The second-order valence-corrected chi connectivity index (χ2v) is 5.99. The van der Waals surface area contributed by atoms with Gasteiger partial charge in [-0.25, -0.2) is 0 Å². The average molecular weight is 368 g/mol. The van der Waals surface area contributed by atoms with Gasteiger partial charge in [-0.2, -0.15) is 0 Å². The molecular weight excluding hydrogens is 349 g/mol. The summed E-state index contributed by atoms with van der Waals surface area (Å²) in [5.74, 6) is 1.15. The van der Waals surface area contributed by atoms with Crippen LogP contribution >= 0.6 is 23.2 Å². The molecule has 4 nitrogen and oxygen atoms in total. The fourth-order valence-corrected chi connectivity index (χ4v) is 2.58. The number of carbonyl (C=O) groups excluding carboxylic acids is 1. The molecule has 0 radical (unpaired) electrons. The Balaban J connectivity index is 1.95. The minimum Gasteiger partial charge on any atom is -0.497 e. The summed E-state index contributed by atoms with van der Waals surface area (Å²) in [6.45, 7) is 2.21. The van der Waals surface area contributed by atoms with E-state index in [1.165, 1.54) is 0 Å². The van der Waals surface area contributed by atoms with E-state index in [9.17, 15) is 4.79 Å². The summed E-state index contributed by atoms with van der Waals surface area (Å²) in [5, 5.41) is 3.92. The number of carbonyl (C=O) groups is 1. The van der Waals surface area contributed by atoms with Gasteiger partial charge in [0.25, 0.3) is 5.91 Å². The van der Waals surface area contributed by atoms with E-state index in [1.807, 2.05) is 6.92 Å². The smallest absolute Gasteiger partial charge is 0.261 e. The first-order valence-electron chi connectivity index (χ1n) is 7.55. The highest BCUT2D eigenvalue weighted by Crippen LogP contribution is 2.21. The van der Waals surface area contributed by atoms with Crippen LogP contribution in [0, 0.1) is 0 Å².